The van der Waals surface area contributed by atoms with Gasteiger partial charge in [-0.15, -0.1) is 0 Å². The van der Waals surface area contributed by atoms with Crippen molar-refractivity contribution in [2.45, 2.75) is 57.5 Å². The second-order valence-electron chi connectivity index (χ2n) is 9.90. The van der Waals surface area contributed by atoms with Gasteiger partial charge in [0, 0.05) is 11.4 Å². The number of nitrogens with zero attached hydrogens (tertiary/aromatic N) is 2. The highest BCUT2D eigenvalue weighted by atomic mass is 35.5. The van der Waals surface area contributed by atoms with Crippen LogP contribution in [-0.2, 0) is 27.2 Å². The number of carbonyl (C=O) groups is 3. The van der Waals surface area contributed by atoms with Gasteiger partial charge in [-0.25, -0.2) is 9.48 Å². The molecule has 1 atom stereocenters. The fourth-order valence-electron chi connectivity index (χ4n) is 4.97. The molecule has 40 heavy (non-hydrogen) atoms. The van der Waals surface area contributed by atoms with Crippen molar-refractivity contribution in [1.82, 2.24) is 25.7 Å². The zero-order valence-corrected chi connectivity index (χ0v) is 23.7. The maximum atomic E-state index is 13.9. The van der Waals surface area contributed by atoms with Crippen LogP contribution in [0.2, 0.25) is 5.02 Å². The molecule has 0 bridgehead atoms. The van der Waals surface area contributed by atoms with Crippen LogP contribution in [0.5, 0.6) is 0 Å². The van der Waals surface area contributed by atoms with Gasteiger partial charge in [0.2, 0.25) is 5.91 Å². The molecule has 1 aliphatic rings. The second-order valence-corrected chi connectivity index (χ2v) is 10.3. The maximum absolute atomic E-state index is 13.9. The van der Waals surface area contributed by atoms with Crippen LogP contribution in [0.15, 0.2) is 60.8 Å². The molecule has 2 aromatic carbocycles. The van der Waals surface area contributed by atoms with Gasteiger partial charge in [0.25, 0.3) is 5.91 Å². The van der Waals surface area contributed by atoms with E-state index in [0.717, 1.165) is 23.4 Å². The average Bonchev–Trinajstić information content (AvgIpc) is 3.38. The summed E-state index contributed by atoms with van der Waals surface area (Å²) in [5, 5.41) is 14.3. The third-order valence-electron chi connectivity index (χ3n) is 7.08. The highest BCUT2D eigenvalue weighted by Gasteiger charge is 2.43. The molecular formula is C30H36ClN5O4. The summed E-state index contributed by atoms with van der Waals surface area (Å²) in [5.41, 5.74) is 1.65. The molecule has 2 amide bonds. The summed E-state index contributed by atoms with van der Waals surface area (Å²) >= 11 is 6.06. The van der Waals surface area contributed by atoms with Gasteiger partial charge >= 0.3 is 5.97 Å². The first-order valence-corrected chi connectivity index (χ1v) is 14.1. The third-order valence-corrected chi connectivity index (χ3v) is 7.33. The standard InChI is InChI=1S/C30H36ClN5O4/c1-3-8-26-24(20-33-36(26)23-13-11-22(31)12-14-23)27(37)35-30(15-17-32-18-16-30)29(39)34-25(28(38)40-4-2)19-21-9-6-5-7-10-21/h5-7,9-14,20,25,32H,3-4,8,15-19H2,1-2H3,(H,34,39)(H,35,37). The molecule has 0 spiro atoms. The van der Waals surface area contributed by atoms with Crippen molar-refractivity contribution in [3.8, 4) is 5.69 Å². The Bertz CT molecular complexity index is 1300. The minimum Gasteiger partial charge on any atom is -0.464 e. The van der Waals surface area contributed by atoms with E-state index in [1.807, 2.05) is 49.4 Å². The number of carbonyl (C=O) groups excluding carboxylic acids is 3. The van der Waals surface area contributed by atoms with E-state index in [-0.39, 0.29) is 18.9 Å². The summed E-state index contributed by atoms with van der Waals surface area (Å²) in [6.45, 7) is 5.05. The van der Waals surface area contributed by atoms with Gasteiger partial charge in [-0.2, -0.15) is 5.10 Å². The van der Waals surface area contributed by atoms with Gasteiger partial charge in [-0.3, -0.25) is 9.59 Å². The molecule has 1 aromatic heterocycles. The number of hydrogen-bond acceptors (Lipinski definition) is 6. The van der Waals surface area contributed by atoms with Gasteiger partial charge in [-0.05, 0) is 69.1 Å². The van der Waals surface area contributed by atoms with Gasteiger partial charge in [0.15, 0.2) is 0 Å². The number of rotatable bonds is 11. The van der Waals surface area contributed by atoms with Gasteiger partial charge in [-0.1, -0.05) is 55.3 Å². The Morgan fingerprint density at radius 3 is 2.42 bits per heavy atom. The zero-order valence-electron chi connectivity index (χ0n) is 22.9. The third kappa shape index (κ3) is 6.89. The Morgan fingerprint density at radius 1 is 1.07 bits per heavy atom. The van der Waals surface area contributed by atoms with Gasteiger partial charge in [0.1, 0.15) is 11.6 Å². The van der Waals surface area contributed by atoms with Crippen LogP contribution in [0.1, 0.15) is 54.7 Å². The number of benzene rings is 2. The van der Waals surface area contributed by atoms with Gasteiger partial charge in [0.05, 0.1) is 29.7 Å². The molecule has 3 aromatic rings. The van der Waals surface area contributed by atoms with E-state index in [2.05, 4.69) is 21.0 Å². The van der Waals surface area contributed by atoms with Gasteiger partial charge < -0.3 is 20.7 Å². The van der Waals surface area contributed by atoms with Crippen molar-refractivity contribution in [3.63, 3.8) is 0 Å². The first-order chi connectivity index (χ1) is 19.4. The van der Waals surface area contributed by atoms with Crippen molar-refractivity contribution in [2.24, 2.45) is 0 Å². The van der Waals surface area contributed by atoms with Crippen LogP contribution >= 0.6 is 11.6 Å². The lowest BCUT2D eigenvalue weighted by molar-refractivity contribution is -0.148. The van der Waals surface area contributed by atoms with E-state index >= 15 is 0 Å². The number of nitrogens with one attached hydrogen (secondary N) is 3. The van der Waals surface area contributed by atoms with Crippen molar-refractivity contribution in [3.05, 3.63) is 82.6 Å². The molecule has 3 N–H and O–H groups in total. The van der Waals surface area contributed by atoms with Crippen LogP contribution in [0, 0.1) is 0 Å². The van der Waals surface area contributed by atoms with Crippen molar-refractivity contribution < 1.29 is 19.1 Å². The van der Waals surface area contributed by atoms with E-state index < -0.39 is 23.5 Å². The summed E-state index contributed by atoms with van der Waals surface area (Å²) < 4.78 is 7.01. The first-order valence-electron chi connectivity index (χ1n) is 13.7. The highest BCUT2D eigenvalue weighted by molar-refractivity contribution is 6.30. The number of halogens is 1. The quantitative estimate of drug-likeness (QED) is 0.306. The minimum absolute atomic E-state index is 0.198. The molecule has 0 saturated carbocycles. The summed E-state index contributed by atoms with van der Waals surface area (Å²) in [5.74, 6) is -1.29. The Balaban J connectivity index is 1.59. The van der Waals surface area contributed by atoms with Crippen LogP contribution in [0.25, 0.3) is 5.69 Å². The number of ether oxygens (including phenoxy) is 1. The van der Waals surface area contributed by atoms with Crippen LogP contribution in [0.3, 0.4) is 0 Å². The molecule has 1 fully saturated rings. The second kappa shape index (κ2) is 13.6. The lowest BCUT2D eigenvalue weighted by atomic mass is 9.86. The van der Waals surface area contributed by atoms with Crippen LogP contribution in [-0.4, -0.2) is 58.8 Å². The average molecular weight is 566 g/mol. The highest BCUT2D eigenvalue weighted by Crippen LogP contribution is 2.23. The Kier molecular flexibility index (Phi) is 9.95. The first kappa shape index (κ1) is 29.3. The Morgan fingerprint density at radius 2 is 1.77 bits per heavy atom. The molecular weight excluding hydrogens is 530 g/mol. The number of piperidine rings is 1. The molecule has 212 valence electrons. The van der Waals surface area contributed by atoms with Crippen molar-refractivity contribution >= 4 is 29.4 Å². The normalized spacial score (nSPS) is 15.2. The molecule has 0 aliphatic carbocycles. The fraction of sp³-hybridized carbons (Fsp3) is 0.400. The smallest absolute Gasteiger partial charge is 0.328 e. The summed E-state index contributed by atoms with van der Waals surface area (Å²) in [6.07, 6.45) is 3.99. The summed E-state index contributed by atoms with van der Waals surface area (Å²) in [6, 6.07) is 15.8. The monoisotopic (exact) mass is 565 g/mol. The van der Waals surface area contributed by atoms with Crippen LogP contribution < -0.4 is 16.0 Å². The minimum atomic E-state index is -1.20. The largest absolute Gasteiger partial charge is 0.464 e. The number of amides is 2. The predicted molar refractivity (Wildman–Crippen MR) is 154 cm³/mol. The van der Waals surface area contributed by atoms with E-state index in [1.165, 1.54) is 0 Å². The Labute approximate surface area is 239 Å². The summed E-state index contributed by atoms with van der Waals surface area (Å²) in [7, 11) is 0. The lowest BCUT2D eigenvalue weighted by Crippen LogP contribution is -2.64. The molecule has 1 aliphatic heterocycles. The zero-order chi connectivity index (χ0) is 28.5. The predicted octanol–water partition coefficient (Wildman–Crippen LogP) is 3.62. The van der Waals surface area contributed by atoms with Crippen LogP contribution in [0.4, 0.5) is 0 Å². The van der Waals surface area contributed by atoms with Crippen molar-refractivity contribution in [2.75, 3.05) is 19.7 Å². The molecule has 1 saturated heterocycles. The lowest BCUT2D eigenvalue weighted by Gasteiger charge is -2.37. The molecule has 4 rings (SSSR count). The maximum Gasteiger partial charge on any atom is 0.328 e. The van der Waals surface area contributed by atoms with E-state index in [9.17, 15) is 14.4 Å². The molecule has 0 radical (unpaired) electrons. The SMILES string of the molecule is CCCc1c(C(=O)NC2(C(=O)NC(Cc3ccccc3)C(=O)OCC)CCNCC2)cnn1-c1ccc(Cl)cc1. The molecule has 2 heterocycles. The van der Waals surface area contributed by atoms with E-state index in [4.69, 9.17) is 16.3 Å². The molecule has 10 heteroatoms. The number of aromatic nitrogens is 2. The van der Waals surface area contributed by atoms with E-state index in [1.54, 1.807) is 29.9 Å². The topological polar surface area (TPSA) is 114 Å². The Hall–Kier alpha value is -3.69. The number of hydrogen-bond donors (Lipinski definition) is 3. The number of esters is 1. The fourth-order valence-corrected chi connectivity index (χ4v) is 5.10. The molecule has 1 unspecified atom stereocenters. The summed E-state index contributed by atoms with van der Waals surface area (Å²) in [4.78, 5) is 40.5. The van der Waals surface area contributed by atoms with Crippen molar-refractivity contribution in [1.29, 1.82) is 0 Å². The van der Waals surface area contributed by atoms with E-state index in [0.29, 0.717) is 42.9 Å². The molecule has 9 nitrogen and oxygen atoms in total.